The number of fused-ring (bicyclic) bond motifs is 1. The molecule has 4 rings (SSSR count). The van der Waals surface area contributed by atoms with Crippen LogP contribution in [0.4, 0.5) is 5.69 Å². The Morgan fingerprint density at radius 3 is 2.18 bits per heavy atom. The highest BCUT2D eigenvalue weighted by Gasteiger charge is 2.58. The van der Waals surface area contributed by atoms with Gasteiger partial charge in [-0.3, -0.25) is 9.59 Å². The second kappa shape index (κ2) is 9.36. The lowest BCUT2D eigenvalue weighted by Crippen LogP contribution is -2.64. The molecule has 0 aliphatic carbocycles. The van der Waals surface area contributed by atoms with Gasteiger partial charge in [-0.1, -0.05) is 0 Å². The van der Waals surface area contributed by atoms with Crippen LogP contribution in [0.2, 0.25) is 0 Å². The van der Waals surface area contributed by atoms with Crippen LogP contribution in [0.15, 0.2) is 29.1 Å². The number of amides is 1. The quantitative estimate of drug-likeness (QED) is 0.133. The lowest BCUT2D eigenvalue weighted by Gasteiger charge is -2.40. The van der Waals surface area contributed by atoms with Crippen LogP contribution in [0.3, 0.4) is 0 Å². The number of nitriles is 1. The SMILES string of the molecule is COc1c(O)c(O)c(O)c2c(=O)[nH]c(C(O)(O)C(O)(O)C(=O)N3CCN(c4ccc(C#N)cc4)CC3)nc12. The summed E-state index contributed by atoms with van der Waals surface area (Å²) in [7, 11) is 1.02. The van der Waals surface area contributed by atoms with Crippen molar-refractivity contribution < 1.29 is 45.3 Å². The number of rotatable bonds is 5. The van der Waals surface area contributed by atoms with Gasteiger partial charge in [0.05, 0.1) is 18.7 Å². The number of H-pyrrole nitrogens is 1. The zero-order valence-electron chi connectivity index (χ0n) is 19.8. The van der Waals surface area contributed by atoms with E-state index in [4.69, 9.17) is 10.00 Å². The summed E-state index contributed by atoms with van der Waals surface area (Å²) in [4.78, 5) is 33.9. The number of carbonyl (C=O) groups excluding carboxylic acids is 1. The molecular weight excluding hydrogens is 506 g/mol. The first-order chi connectivity index (χ1) is 17.8. The van der Waals surface area contributed by atoms with Crippen LogP contribution in [0.5, 0.6) is 23.0 Å². The van der Waals surface area contributed by atoms with Gasteiger partial charge < -0.3 is 55.3 Å². The molecule has 200 valence electrons. The van der Waals surface area contributed by atoms with Gasteiger partial charge in [-0.15, -0.1) is 0 Å². The smallest absolute Gasteiger partial charge is 0.308 e. The number of nitrogens with one attached hydrogen (secondary N) is 1. The van der Waals surface area contributed by atoms with Gasteiger partial charge >= 0.3 is 5.79 Å². The molecule has 1 aliphatic rings. The number of ether oxygens (including phenoxy) is 1. The van der Waals surface area contributed by atoms with Crippen molar-refractivity contribution in [2.24, 2.45) is 0 Å². The van der Waals surface area contributed by atoms with E-state index in [1.54, 1.807) is 24.3 Å². The van der Waals surface area contributed by atoms with Crippen molar-refractivity contribution >= 4 is 22.5 Å². The predicted octanol–water partition coefficient (Wildman–Crippen LogP) is -1.91. The number of hydrogen-bond donors (Lipinski definition) is 8. The van der Waals surface area contributed by atoms with Crippen molar-refractivity contribution in [2.45, 2.75) is 11.6 Å². The maximum Gasteiger partial charge on any atom is 0.308 e. The minimum atomic E-state index is -3.92. The first-order valence-electron chi connectivity index (χ1n) is 11.0. The Bertz CT molecular complexity index is 1500. The number of piperazine rings is 1. The molecule has 2 aromatic carbocycles. The van der Waals surface area contributed by atoms with Gasteiger partial charge in [0.25, 0.3) is 17.3 Å². The summed E-state index contributed by atoms with van der Waals surface area (Å²) < 4.78 is 4.88. The minimum absolute atomic E-state index is 0.0473. The van der Waals surface area contributed by atoms with E-state index in [0.29, 0.717) is 5.56 Å². The van der Waals surface area contributed by atoms with Crippen LogP contribution < -0.4 is 15.2 Å². The lowest BCUT2D eigenvalue weighted by molar-refractivity contribution is -0.352. The third-order valence-corrected chi connectivity index (χ3v) is 6.28. The monoisotopic (exact) mass is 529 g/mol. The van der Waals surface area contributed by atoms with Crippen molar-refractivity contribution in [2.75, 3.05) is 38.2 Å². The first-order valence-corrected chi connectivity index (χ1v) is 11.0. The molecule has 0 unspecified atom stereocenters. The van der Waals surface area contributed by atoms with Crippen molar-refractivity contribution in [3.8, 4) is 29.1 Å². The van der Waals surface area contributed by atoms with E-state index in [9.17, 15) is 45.3 Å². The minimum Gasteiger partial charge on any atom is -0.504 e. The molecule has 1 amide bonds. The van der Waals surface area contributed by atoms with Crippen LogP contribution in [-0.4, -0.2) is 95.6 Å². The molecule has 15 nitrogen and oxygen atoms in total. The summed E-state index contributed by atoms with van der Waals surface area (Å²) in [6.45, 7) is 0.381. The van der Waals surface area contributed by atoms with Crippen molar-refractivity contribution in [1.29, 1.82) is 5.26 Å². The Balaban J connectivity index is 1.63. The van der Waals surface area contributed by atoms with E-state index in [2.05, 4.69) is 4.98 Å². The number of anilines is 1. The molecule has 1 aromatic heterocycles. The third kappa shape index (κ3) is 4.07. The van der Waals surface area contributed by atoms with Gasteiger partial charge in [0.1, 0.15) is 10.9 Å². The van der Waals surface area contributed by atoms with Gasteiger partial charge in [0.2, 0.25) is 11.5 Å². The Hall–Kier alpha value is -4.62. The van der Waals surface area contributed by atoms with Crippen LogP contribution >= 0.6 is 0 Å². The molecule has 3 aromatic rings. The maximum absolute atomic E-state index is 13.0. The van der Waals surface area contributed by atoms with Crippen LogP contribution in [0.1, 0.15) is 11.4 Å². The average molecular weight is 529 g/mol. The topological polar surface area (TPSA) is 244 Å². The third-order valence-electron chi connectivity index (χ3n) is 6.28. The molecule has 1 saturated heterocycles. The normalized spacial score (nSPS) is 14.4. The number of carbonyl (C=O) groups is 1. The van der Waals surface area contributed by atoms with Crippen LogP contribution in [-0.2, 0) is 10.6 Å². The number of nitrogens with zero attached hydrogens (tertiary/aromatic N) is 4. The van der Waals surface area contributed by atoms with E-state index < -0.39 is 62.8 Å². The summed E-state index contributed by atoms with van der Waals surface area (Å²) in [5.74, 6) is -14.4. The Morgan fingerprint density at radius 2 is 1.63 bits per heavy atom. The maximum atomic E-state index is 13.0. The molecule has 38 heavy (non-hydrogen) atoms. The number of methoxy groups -OCH3 is 1. The first kappa shape index (κ1) is 26.4. The molecule has 0 spiro atoms. The van der Waals surface area contributed by atoms with E-state index in [1.165, 1.54) is 0 Å². The summed E-state index contributed by atoms with van der Waals surface area (Å²) >= 11 is 0. The molecule has 0 radical (unpaired) electrons. The van der Waals surface area contributed by atoms with E-state index in [-0.39, 0.29) is 26.2 Å². The molecule has 8 N–H and O–H groups in total. The number of hydrogen-bond acceptors (Lipinski definition) is 13. The number of aromatic amines is 1. The number of phenolic OH excluding ortho intramolecular Hbond substituents is 3. The van der Waals surface area contributed by atoms with Gasteiger partial charge in [-0.2, -0.15) is 5.26 Å². The number of benzene rings is 2. The second-order valence-electron chi connectivity index (χ2n) is 8.50. The van der Waals surface area contributed by atoms with E-state index in [1.807, 2.05) is 16.0 Å². The fourth-order valence-electron chi connectivity index (χ4n) is 4.12. The fraction of sp³-hybridized carbons (Fsp3) is 0.304. The second-order valence-corrected chi connectivity index (χ2v) is 8.50. The van der Waals surface area contributed by atoms with Crippen LogP contribution in [0, 0.1) is 11.3 Å². The summed E-state index contributed by atoms with van der Waals surface area (Å²) in [5, 5.41) is 80.6. The molecule has 0 bridgehead atoms. The summed E-state index contributed by atoms with van der Waals surface area (Å²) in [6, 6.07) is 8.69. The fourth-order valence-corrected chi connectivity index (χ4v) is 4.12. The Morgan fingerprint density at radius 1 is 1.03 bits per heavy atom. The van der Waals surface area contributed by atoms with Crippen molar-refractivity contribution in [3.05, 3.63) is 46.0 Å². The number of aromatic hydroxyl groups is 3. The standard InChI is InChI=1S/C23H23N5O10/c1-38-18-14-13(15(29)16(30)17(18)31)19(32)26-20(25-14)22(34,35)23(36,37)21(33)28-8-6-27(7-9-28)12-4-2-11(10-24)3-5-12/h2-5,29-31,34-37H,6-9H2,1H3,(H,25,26,32). The van der Waals surface area contributed by atoms with Gasteiger partial charge in [0, 0.05) is 31.9 Å². The number of phenols is 3. The van der Waals surface area contributed by atoms with Gasteiger partial charge in [-0.25, -0.2) is 4.98 Å². The molecule has 15 heteroatoms. The van der Waals surface area contributed by atoms with E-state index >= 15 is 0 Å². The number of aromatic nitrogens is 2. The van der Waals surface area contributed by atoms with Gasteiger partial charge in [0.15, 0.2) is 17.3 Å². The van der Waals surface area contributed by atoms with Crippen molar-refractivity contribution in [1.82, 2.24) is 14.9 Å². The highest BCUT2D eigenvalue weighted by atomic mass is 16.6. The van der Waals surface area contributed by atoms with Crippen LogP contribution in [0.25, 0.3) is 10.9 Å². The molecule has 0 saturated carbocycles. The van der Waals surface area contributed by atoms with Crippen molar-refractivity contribution in [3.63, 3.8) is 0 Å². The molecule has 1 fully saturated rings. The van der Waals surface area contributed by atoms with E-state index in [0.717, 1.165) is 17.7 Å². The Labute approximate surface area is 213 Å². The largest absolute Gasteiger partial charge is 0.504 e. The highest BCUT2D eigenvalue weighted by molar-refractivity contribution is 5.95. The predicted molar refractivity (Wildman–Crippen MR) is 127 cm³/mol. The van der Waals surface area contributed by atoms with Gasteiger partial charge in [-0.05, 0) is 24.3 Å². The molecular formula is C23H23N5O10. The zero-order chi connectivity index (χ0) is 28.0. The summed E-state index contributed by atoms with van der Waals surface area (Å²) in [6.07, 6.45) is 0. The number of aliphatic hydroxyl groups is 4. The summed E-state index contributed by atoms with van der Waals surface area (Å²) in [5.41, 5.74) is -0.734. The average Bonchev–Trinajstić information content (AvgIpc) is 2.91. The highest BCUT2D eigenvalue weighted by Crippen LogP contribution is 2.47. The molecule has 1 aliphatic heterocycles. The molecule has 2 heterocycles. The lowest BCUT2D eigenvalue weighted by atomic mass is 10.0. The Kier molecular flexibility index (Phi) is 6.51. The molecule has 0 atom stereocenters. The zero-order valence-corrected chi connectivity index (χ0v) is 19.8.